The number of hydrogen-bond donors (Lipinski definition) is 1. The quantitative estimate of drug-likeness (QED) is 0.806. The van der Waals surface area contributed by atoms with E-state index in [-0.39, 0.29) is 36.3 Å². The molecule has 3 heterocycles. The SMILES string of the molecule is Cc1ccc(N2C[C@H](C(=O)Nc3c4c(nn3C(C)(C)C)CS(=O)(=O)C4)CC2=O)cc1. The van der Waals surface area contributed by atoms with Crippen molar-refractivity contribution in [1.29, 1.82) is 0 Å². The number of sulfone groups is 1. The summed E-state index contributed by atoms with van der Waals surface area (Å²) in [6.07, 6.45) is 0.115. The molecule has 0 bridgehead atoms. The van der Waals surface area contributed by atoms with Crippen LogP contribution < -0.4 is 10.2 Å². The van der Waals surface area contributed by atoms with Crippen molar-refractivity contribution in [3.8, 4) is 0 Å². The first-order valence-electron chi connectivity index (χ1n) is 9.94. The van der Waals surface area contributed by atoms with Crippen LogP contribution in [0.1, 0.15) is 44.0 Å². The lowest BCUT2D eigenvalue weighted by Gasteiger charge is -2.24. The zero-order chi connectivity index (χ0) is 21.8. The molecule has 1 saturated heterocycles. The third kappa shape index (κ3) is 3.74. The average Bonchev–Trinajstić information content (AvgIpc) is 3.26. The van der Waals surface area contributed by atoms with E-state index in [1.807, 2.05) is 52.0 Å². The minimum Gasteiger partial charge on any atom is -0.312 e. The van der Waals surface area contributed by atoms with Crippen LogP contribution in [0.2, 0.25) is 0 Å². The van der Waals surface area contributed by atoms with Crippen molar-refractivity contribution in [2.75, 3.05) is 16.8 Å². The molecule has 0 spiro atoms. The standard InChI is InChI=1S/C21H26N4O4S/c1-13-5-7-15(8-6-13)24-10-14(9-18(24)26)20(27)22-19-16-11-30(28,29)12-17(16)23-25(19)21(2,3)4/h5-8,14H,9-12H2,1-4H3,(H,22,27)/t14-/m1/s1. The number of carbonyl (C=O) groups excluding carboxylic acids is 2. The van der Waals surface area contributed by atoms with E-state index in [4.69, 9.17) is 0 Å². The predicted octanol–water partition coefficient (Wildman–Crippen LogP) is 2.37. The van der Waals surface area contributed by atoms with Gasteiger partial charge in [-0.15, -0.1) is 0 Å². The van der Waals surface area contributed by atoms with Crippen LogP contribution in [0.25, 0.3) is 0 Å². The summed E-state index contributed by atoms with van der Waals surface area (Å²) in [6, 6.07) is 7.61. The Hall–Kier alpha value is -2.68. The molecule has 2 aromatic rings. The molecular weight excluding hydrogens is 404 g/mol. The number of amides is 2. The third-order valence-corrected chi connectivity index (χ3v) is 6.95. The van der Waals surface area contributed by atoms with Gasteiger partial charge in [0.25, 0.3) is 0 Å². The molecule has 0 aliphatic carbocycles. The number of fused-ring (bicyclic) bond motifs is 1. The average molecular weight is 431 g/mol. The van der Waals surface area contributed by atoms with Crippen LogP contribution in [0.4, 0.5) is 11.5 Å². The number of hydrogen-bond acceptors (Lipinski definition) is 5. The highest BCUT2D eigenvalue weighted by molar-refractivity contribution is 7.90. The molecule has 1 atom stereocenters. The molecule has 2 aliphatic heterocycles. The summed E-state index contributed by atoms with van der Waals surface area (Å²) < 4.78 is 25.8. The molecule has 0 radical (unpaired) electrons. The van der Waals surface area contributed by atoms with E-state index in [9.17, 15) is 18.0 Å². The molecule has 1 N–H and O–H groups in total. The third-order valence-electron chi connectivity index (χ3n) is 5.51. The van der Waals surface area contributed by atoms with Gasteiger partial charge in [0.15, 0.2) is 9.84 Å². The monoisotopic (exact) mass is 430 g/mol. The number of benzene rings is 1. The molecule has 4 rings (SSSR count). The Balaban J connectivity index is 1.58. The van der Waals surface area contributed by atoms with Crippen LogP contribution >= 0.6 is 0 Å². The van der Waals surface area contributed by atoms with E-state index in [0.29, 0.717) is 17.1 Å². The van der Waals surface area contributed by atoms with Gasteiger partial charge < -0.3 is 10.2 Å². The van der Waals surface area contributed by atoms with Gasteiger partial charge in [-0.25, -0.2) is 13.1 Å². The number of aromatic nitrogens is 2. The van der Waals surface area contributed by atoms with E-state index >= 15 is 0 Å². The van der Waals surface area contributed by atoms with Gasteiger partial charge in [-0.05, 0) is 39.8 Å². The summed E-state index contributed by atoms with van der Waals surface area (Å²) in [4.78, 5) is 27.2. The molecule has 160 valence electrons. The Labute approximate surface area is 176 Å². The summed E-state index contributed by atoms with van der Waals surface area (Å²) in [6.45, 7) is 8.09. The van der Waals surface area contributed by atoms with Crippen molar-refractivity contribution in [2.24, 2.45) is 5.92 Å². The summed E-state index contributed by atoms with van der Waals surface area (Å²) in [5.74, 6) is -0.739. The van der Waals surface area contributed by atoms with Gasteiger partial charge in [-0.2, -0.15) is 5.10 Å². The largest absolute Gasteiger partial charge is 0.312 e. The van der Waals surface area contributed by atoms with E-state index in [0.717, 1.165) is 11.3 Å². The van der Waals surface area contributed by atoms with Crippen LogP contribution in [0.3, 0.4) is 0 Å². The molecule has 1 fully saturated rings. The van der Waals surface area contributed by atoms with E-state index < -0.39 is 21.3 Å². The second-order valence-electron chi connectivity index (χ2n) is 9.12. The Morgan fingerprint density at radius 3 is 2.47 bits per heavy atom. The summed E-state index contributed by atoms with van der Waals surface area (Å²) in [5, 5.41) is 7.37. The Morgan fingerprint density at radius 2 is 1.83 bits per heavy atom. The minimum atomic E-state index is -3.25. The first-order valence-corrected chi connectivity index (χ1v) is 11.8. The highest BCUT2D eigenvalue weighted by Crippen LogP contribution is 2.35. The van der Waals surface area contributed by atoms with Crippen molar-refractivity contribution in [1.82, 2.24) is 9.78 Å². The lowest BCUT2D eigenvalue weighted by molar-refractivity contribution is -0.122. The Morgan fingerprint density at radius 1 is 1.17 bits per heavy atom. The van der Waals surface area contributed by atoms with Crippen LogP contribution in [0.5, 0.6) is 0 Å². The maximum atomic E-state index is 13.0. The molecule has 30 heavy (non-hydrogen) atoms. The number of rotatable bonds is 3. The molecule has 0 saturated carbocycles. The van der Waals surface area contributed by atoms with E-state index in [1.165, 1.54) is 0 Å². The molecule has 0 unspecified atom stereocenters. The zero-order valence-electron chi connectivity index (χ0n) is 17.6. The van der Waals surface area contributed by atoms with Crippen LogP contribution in [-0.2, 0) is 36.5 Å². The fraction of sp³-hybridized carbons (Fsp3) is 0.476. The van der Waals surface area contributed by atoms with Crippen LogP contribution in [0, 0.1) is 12.8 Å². The highest BCUT2D eigenvalue weighted by Gasteiger charge is 2.39. The second-order valence-corrected chi connectivity index (χ2v) is 11.2. The van der Waals surface area contributed by atoms with Crippen molar-refractivity contribution in [2.45, 2.75) is 51.2 Å². The van der Waals surface area contributed by atoms with Gasteiger partial charge in [0.05, 0.1) is 28.7 Å². The minimum absolute atomic E-state index is 0.101. The first-order chi connectivity index (χ1) is 13.9. The lowest BCUT2D eigenvalue weighted by Crippen LogP contribution is -2.31. The highest BCUT2D eigenvalue weighted by atomic mass is 32.2. The summed E-state index contributed by atoms with van der Waals surface area (Å²) >= 11 is 0. The van der Waals surface area contributed by atoms with E-state index in [2.05, 4.69) is 10.4 Å². The number of anilines is 2. The maximum Gasteiger partial charge on any atom is 0.230 e. The fourth-order valence-corrected chi connectivity index (χ4v) is 5.43. The van der Waals surface area contributed by atoms with Gasteiger partial charge in [0.2, 0.25) is 11.8 Å². The Kier molecular flexibility index (Phi) is 4.76. The zero-order valence-corrected chi connectivity index (χ0v) is 18.4. The fourth-order valence-electron chi connectivity index (χ4n) is 3.93. The van der Waals surface area contributed by atoms with E-state index in [1.54, 1.807) is 9.58 Å². The number of aryl methyl sites for hydroxylation is 1. The lowest BCUT2D eigenvalue weighted by atomic mass is 10.1. The van der Waals surface area contributed by atoms with Gasteiger partial charge in [-0.3, -0.25) is 9.59 Å². The molecule has 8 nitrogen and oxygen atoms in total. The number of nitrogens with zero attached hydrogens (tertiary/aromatic N) is 3. The second kappa shape index (κ2) is 6.94. The topological polar surface area (TPSA) is 101 Å². The molecule has 2 aliphatic rings. The summed E-state index contributed by atoms with van der Waals surface area (Å²) in [5.41, 5.74) is 2.48. The number of carbonyl (C=O) groups is 2. The summed E-state index contributed by atoms with van der Waals surface area (Å²) in [7, 11) is -3.25. The van der Waals surface area contributed by atoms with Gasteiger partial charge in [0.1, 0.15) is 5.82 Å². The predicted molar refractivity (Wildman–Crippen MR) is 114 cm³/mol. The molecular formula is C21H26N4O4S. The first kappa shape index (κ1) is 20.6. The van der Waals surface area contributed by atoms with Crippen molar-refractivity contribution < 1.29 is 18.0 Å². The molecule has 1 aromatic carbocycles. The number of nitrogens with one attached hydrogen (secondary N) is 1. The molecule has 9 heteroatoms. The van der Waals surface area contributed by atoms with Gasteiger partial charge >= 0.3 is 0 Å². The van der Waals surface area contributed by atoms with Crippen molar-refractivity contribution in [3.63, 3.8) is 0 Å². The Bertz CT molecular complexity index is 1130. The van der Waals surface area contributed by atoms with Gasteiger partial charge in [0, 0.05) is 24.2 Å². The van der Waals surface area contributed by atoms with Gasteiger partial charge in [-0.1, -0.05) is 17.7 Å². The smallest absolute Gasteiger partial charge is 0.230 e. The van der Waals surface area contributed by atoms with Crippen molar-refractivity contribution in [3.05, 3.63) is 41.1 Å². The molecule has 2 amide bonds. The normalized spacial score (nSPS) is 20.5. The molecule has 1 aromatic heterocycles. The van der Waals surface area contributed by atoms with Crippen LogP contribution in [-0.4, -0.2) is 36.6 Å². The maximum absolute atomic E-state index is 13.0. The van der Waals surface area contributed by atoms with Crippen molar-refractivity contribution >= 4 is 33.2 Å². The van der Waals surface area contributed by atoms with Crippen LogP contribution in [0.15, 0.2) is 24.3 Å².